The van der Waals surface area contributed by atoms with Crippen LogP contribution in [-0.2, 0) is 12.8 Å². The Morgan fingerprint density at radius 1 is 1.05 bits per heavy atom. The number of aryl methyl sites for hydroxylation is 1. The molecule has 2 aromatic heterocycles. The second kappa shape index (κ2) is 11.0. The van der Waals surface area contributed by atoms with E-state index in [0.29, 0.717) is 16.5 Å². The van der Waals surface area contributed by atoms with E-state index >= 15 is 0 Å². The van der Waals surface area contributed by atoms with Gasteiger partial charge in [-0.2, -0.15) is 0 Å². The van der Waals surface area contributed by atoms with Crippen molar-refractivity contribution >= 4 is 56.7 Å². The number of fused-ring (bicyclic) bond motifs is 2. The number of nitrogens with zero attached hydrogens (tertiary/aromatic N) is 1. The van der Waals surface area contributed by atoms with Crippen LogP contribution >= 0.6 is 22.9 Å². The lowest BCUT2D eigenvalue weighted by molar-refractivity contribution is 0.102. The third kappa shape index (κ3) is 5.49. The quantitative estimate of drug-likeness (QED) is 0.200. The first-order chi connectivity index (χ1) is 19.7. The highest BCUT2D eigenvalue weighted by Crippen LogP contribution is 2.45. The summed E-state index contributed by atoms with van der Waals surface area (Å²) in [4.78, 5) is 23.8. The predicted octanol–water partition coefficient (Wildman–Crippen LogP) is 10.0. The fourth-order valence-corrected chi connectivity index (χ4v) is 7.23. The zero-order chi connectivity index (χ0) is 28.7. The number of amides is 1. The van der Waals surface area contributed by atoms with Gasteiger partial charge in [-0.1, -0.05) is 80.9 Å². The summed E-state index contributed by atoms with van der Waals surface area (Å²) in [6, 6.07) is 23.9. The molecule has 1 aliphatic rings. The average molecular weight is 580 g/mol. The van der Waals surface area contributed by atoms with Crippen LogP contribution in [0.15, 0.2) is 77.8 Å². The fraction of sp³-hybridized carbons (Fsp3) is 0.257. The minimum atomic E-state index is -0.121. The Balaban J connectivity index is 1.45. The maximum absolute atomic E-state index is 13.8. The summed E-state index contributed by atoms with van der Waals surface area (Å²) in [5.41, 5.74) is 8.21. The Labute approximate surface area is 250 Å². The number of carbonyl (C=O) groups excluding carboxylic acids is 1. The van der Waals surface area contributed by atoms with Crippen molar-refractivity contribution in [1.29, 1.82) is 0 Å². The molecular weight excluding hydrogens is 546 g/mol. The van der Waals surface area contributed by atoms with Crippen LogP contribution in [0, 0.1) is 18.3 Å². The highest BCUT2D eigenvalue weighted by atomic mass is 35.5. The number of para-hydroxylation sites is 1. The van der Waals surface area contributed by atoms with Gasteiger partial charge in [-0.3, -0.25) is 4.79 Å². The SMILES string of the molecule is Cc1cccc2c(C=Nc3sc4c(c3C(=O)Nc3ccc(Cl)cc3)CC[C@@H](C(C)(C)C)C4)c(-c3ccccc3)[nH]c12. The first kappa shape index (κ1) is 27.5. The predicted molar refractivity (Wildman–Crippen MR) is 174 cm³/mol. The number of rotatable bonds is 5. The van der Waals surface area contributed by atoms with Gasteiger partial charge < -0.3 is 10.3 Å². The lowest BCUT2D eigenvalue weighted by Crippen LogP contribution is -2.27. The maximum atomic E-state index is 13.8. The van der Waals surface area contributed by atoms with E-state index in [2.05, 4.69) is 68.3 Å². The number of thiophene rings is 1. The molecule has 1 atom stereocenters. The molecule has 0 aliphatic heterocycles. The van der Waals surface area contributed by atoms with E-state index in [-0.39, 0.29) is 11.3 Å². The van der Waals surface area contributed by atoms with E-state index < -0.39 is 0 Å². The van der Waals surface area contributed by atoms with E-state index in [9.17, 15) is 4.79 Å². The highest BCUT2D eigenvalue weighted by Gasteiger charge is 2.33. The van der Waals surface area contributed by atoms with Crippen LogP contribution in [0.25, 0.3) is 22.2 Å². The molecule has 0 saturated carbocycles. The van der Waals surface area contributed by atoms with Gasteiger partial charge in [-0.25, -0.2) is 4.99 Å². The summed E-state index contributed by atoms with van der Waals surface area (Å²) in [7, 11) is 0. The van der Waals surface area contributed by atoms with Gasteiger partial charge in [-0.15, -0.1) is 11.3 Å². The lowest BCUT2D eigenvalue weighted by atomic mass is 9.72. The molecule has 1 amide bonds. The molecule has 3 aromatic carbocycles. The summed E-state index contributed by atoms with van der Waals surface area (Å²) < 4.78 is 0. The van der Waals surface area contributed by atoms with Gasteiger partial charge in [0.1, 0.15) is 5.00 Å². The number of hydrogen-bond acceptors (Lipinski definition) is 3. The van der Waals surface area contributed by atoms with Gasteiger partial charge in [0.2, 0.25) is 0 Å². The highest BCUT2D eigenvalue weighted by molar-refractivity contribution is 7.16. The molecule has 0 unspecified atom stereocenters. The fourth-order valence-electron chi connectivity index (χ4n) is 5.84. The van der Waals surface area contributed by atoms with Crippen LogP contribution in [0.2, 0.25) is 5.02 Å². The normalized spacial score (nSPS) is 15.4. The molecule has 6 rings (SSSR count). The van der Waals surface area contributed by atoms with E-state index in [1.807, 2.05) is 36.5 Å². The van der Waals surface area contributed by atoms with E-state index in [0.717, 1.165) is 63.2 Å². The molecular formula is C35H34ClN3OS. The molecule has 41 heavy (non-hydrogen) atoms. The first-order valence-corrected chi connectivity index (χ1v) is 15.3. The minimum Gasteiger partial charge on any atom is -0.354 e. The van der Waals surface area contributed by atoms with Crippen LogP contribution in [0.1, 0.15) is 59.1 Å². The Bertz CT molecular complexity index is 1760. The summed E-state index contributed by atoms with van der Waals surface area (Å²) in [6.45, 7) is 9.06. The largest absolute Gasteiger partial charge is 0.354 e. The van der Waals surface area contributed by atoms with Crippen molar-refractivity contribution in [3.8, 4) is 11.3 Å². The third-order valence-corrected chi connectivity index (χ3v) is 9.67. The molecule has 1 aliphatic carbocycles. The maximum Gasteiger partial charge on any atom is 0.259 e. The molecule has 0 fully saturated rings. The Hall–Kier alpha value is -3.67. The second-order valence-corrected chi connectivity index (χ2v) is 13.5. The minimum absolute atomic E-state index is 0.121. The van der Waals surface area contributed by atoms with Gasteiger partial charge >= 0.3 is 0 Å². The zero-order valence-electron chi connectivity index (χ0n) is 23.8. The number of anilines is 1. The number of hydrogen-bond donors (Lipinski definition) is 2. The zero-order valence-corrected chi connectivity index (χ0v) is 25.4. The van der Waals surface area contributed by atoms with Crippen LogP contribution in [0.4, 0.5) is 10.7 Å². The summed E-state index contributed by atoms with van der Waals surface area (Å²) in [5.74, 6) is 0.447. The molecule has 0 bridgehead atoms. The molecule has 2 N–H and O–H groups in total. The van der Waals surface area contributed by atoms with Crippen molar-refractivity contribution in [2.24, 2.45) is 16.3 Å². The summed E-state index contributed by atoms with van der Waals surface area (Å²) in [6.07, 6.45) is 4.87. The Morgan fingerprint density at radius 2 is 1.80 bits per heavy atom. The molecule has 208 valence electrons. The first-order valence-electron chi connectivity index (χ1n) is 14.1. The Morgan fingerprint density at radius 3 is 2.54 bits per heavy atom. The van der Waals surface area contributed by atoms with Crippen LogP contribution in [0.5, 0.6) is 0 Å². The number of nitrogens with one attached hydrogen (secondary N) is 2. The molecule has 5 aromatic rings. The average Bonchev–Trinajstić information content (AvgIpc) is 3.52. The van der Waals surface area contributed by atoms with E-state index in [1.165, 1.54) is 10.4 Å². The monoisotopic (exact) mass is 579 g/mol. The number of benzene rings is 3. The van der Waals surface area contributed by atoms with Crippen molar-refractivity contribution in [1.82, 2.24) is 4.98 Å². The number of H-pyrrole nitrogens is 1. The van der Waals surface area contributed by atoms with Crippen molar-refractivity contribution in [2.45, 2.75) is 47.0 Å². The van der Waals surface area contributed by atoms with Gasteiger partial charge in [0, 0.05) is 38.3 Å². The van der Waals surface area contributed by atoms with Gasteiger partial charge in [0.25, 0.3) is 5.91 Å². The molecule has 4 nitrogen and oxygen atoms in total. The summed E-state index contributed by atoms with van der Waals surface area (Å²) >= 11 is 7.75. The molecule has 0 saturated heterocycles. The summed E-state index contributed by atoms with van der Waals surface area (Å²) in [5, 5.41) is 5.62. The molecule has 6 heteroatoms. The van der Waals surface area contributed by atoms with Gasteiger partial charge in [0.15, 0.2) is 0 Å². The van der Waals surface area contributed by atoms with E-state index in [1.54, 1.807) is 23.5 Å². The van der Waals surface area contributed by atoms with Crippen LogP contribution < -0.4 is 5.32 Å². The van der Waals surface area contributed by atoms with Crippen molar-refractivity contribution in [2.75, 3.05) is 5.32 Å². The number of aromatic nitrogens is 1. The molecule has 2 heterocycles. The van der Waals surface area contributed by atoms with Crippen LogP contribution in [0.3, 0.4) is 0 Å². The van der Waals surface area contributed by atoms with Gasteiger partial charge in [0.05, 0.1) is 11.3 Å². The lowest BCUT2D eigenvalue weighted by Gasteiger charge is -2.33. The number of halogens is 1. The standard InChI is InChI=1S/C35H34ClN3OS/c1-21-9-8-12-26-28(32(39-31(21)26)22-10-6-5-7-11-22)20-37-34-30(33(40)38-25-16-14-24(36)15-17-25)27-18-13-23(35(2,3)4)19-29(27)41-34/h5-12,14-17,20,23,39H,13,18-19H2,1-4H3,(H,38,40)/t23-/m1/s1. The smallest absolute Gasteiger partial charge is 0.259 e. The van der Waals surface area contributed by atoms with Crippen molar-refractivity contribution in [3.63, 3.8) is 0 Å². The topological polar surface area (TPSA) is 57.2 Å². The molecule has 0 radical (unpaired) electrons. The van der Waals surface area contributed by atoms with E-state index in [4.69, 9.17) is 16.6 Å². The second-order valence-electron chi connectivity index (χ2n) is 12.0. The number of carbonyl (C=O) groups is 1. The van der Waals surface area contributed by atoms with Crippen molar-refractivity contribution in [3.05, 3.63) is 105 Å². The Kier molecular flexibility index (Phi) is 7.35. The number of aromatic amines is 1. The van der Waals surface area contributed by atoms with Crippen LogP contribution in [-0.4, -0.2) is 17.1 Å². The van der Waals surface area contributed by atoms with Gasteiger partial charge in [-0.05, 0) is 78.5 Å². The number of aliphatic imine (C=N–C) groups is 1. The third-order valence-electron chi connectivity index (χ3n) is 8.26. The molecule has 0 spiro atoms. The van der Waals surface area contributed by atoms with Crippen molar-refractivity contribution < 1.29 is 4.79 Å².